The normalized spacial score (nSPS) is 15.5. The van der Waals surface area contributed by atoms with Gasteiger partial charge in [-0.25, -0.2) is 4.39 Å². The van der Waals surface area contributed by atoms with Crippen molar-refractivity contribution in [1.29, 1.82) is 5.26 Å². The van der Waals surface area contributed by atoms with E-state index in [0.717, 1.165) is 5.56 Å². The van der Waals surface area contributed by atoms with Gasteiger partial charge >= 0.3 is 0 Å². The lowest BCUT2D eigenvalue weighted by atomic mass is 9.83. The van der Waals surface area contributed by atoms with Crippen LogP contribution in [0.1, 0.15) is 24.0 Å². The smallest absolute Gasteiger partial charge is 0.244 e. The zero-order valence-electron chi connectivity index (χ0n) is 15.1. The Morgan fingerprint density at radius 3 is 2.79 bits per heavy atom. The van der Waals surface area contributed by atoms with Crippen LogP contribution in [-0.4, -0.2) is 16.8 Å². The Kier molecular flexibility index (Phi) is 4.45. The Labute approximate surface area is 161 Å². The number of hydrogen-bond donors (Lipinski definition) is 2. The number of ether oxygens (including phenoxy) is 2. The summed E-state index contributed by atoms with van der Waals surface area (Å²) in [4.78, 5) is 0. The molecule has 2 aromatic carbocycles. The van der Waals surface area contributed by atoms with E-state index < -0.39 is 5.92 Å². The van der Waals surface area contributed by atoms with Crippen molar-refractivity contribution >= 4 is 0 Å². The number of halogens is 1. The van der Waals surface area contributed by atoms with Gasteiger partial charge in [0, 0.05) is 5.56 Å². The summed E-state index contributed by atoms with van der Waals surface area (Å²) in [6.45, 7) is 2.46. The van der Waals surface area contributed by atoms with Gasteiger partial charge in [-0.15, -0.1) is 5.10 Å². The summed E-state index contributed by atoms with van der Waals surface area (Å²) < 4.78 is 24.6. The summed E-state index contributed by atoms with van der Waals surface area (Å²) in [7, 11) is 0. The molecule has 0 fully saturated rings. The van der Waals surface area contributed by atoms with Crippen molar-refractivity contribution < 1.29 is 13.9 Å². The fourth-order valence-electron chi connectivity index (χ4n) is 3.36. The monoisotopic (exact) mass is 376 g/mol. The Balaban J connectivity index is 1.90. The summed E-state index contributed by atoms with van der Waals surface area (Å²) in [5, 5.41) is 16.9. The van der Waals surface area contributed by atoms with Crippen LogP contribution >= 0.6 is 0 Å². The van der Waals surface area contributed by atoms with E-state index in [9.17, 15) is 9.65 Å². The molecule has 7 heteroatoms. The third kappa shape index (κ3) is 2.95. The molecule has 0 spiro atoms. The first-order valence-corrected chi connectivity index (χ1v) is 8.77. The molecule has 1 atom stereocenters. The number of benzene rings is 2. The topological polar surface area (TPSA) is 97.0 Å². The van der Waals surface area contributed by atoms with Crippen LogP contribution in [-0.2, 0) is 0 Å². The van der Waals surface area contributed by atoms with Gasteiger partial charge in [0.15, 0.2) is 0 Å². The Morgan fingerprint density at radius 2 is 2.07 bits per heavy atom. The molecule has 0 radical (unpaired) electrons. The first-order valence-electron chi connectivity index (χ1n) is 8.77. The largest absolute Gasteiger partial charge is 0.494 e. The molecule has 0 aliphatic carbocycles. The van der Waals surface area contributed by atoms with Gasteiger partial charge in [-0.05, 0) is 36.8 Å². The second kappa shape index (κ2) is 7.08. The molecule has 1 aliphatic rings. The van der Waals surface area contributed by atoms with E-state index in [0.29, 0.717) is 35.1 Å². The molecule has 1 unspecified atom stereocenters. The standard InChI is InChI=1S/C21H17FN4O2/c1-2-27-15-5-3-4-13(10-15)19-18-17(12-6-8-14(22)9-7-12)16(11-23)20(24)28-21(18)26-25-19/h3-10,17H,2,24H2,1H3,(H,25,26). The van der Waals surface area contributed by atoms with E-state index >= 15 is 0 Å². The number of fused-ring (bicyclic) bond motifs is 1. The summed E-state index contributed by atoms with van der Waals surface area (Å²) >= 11 is 0. The summed E-state index contributed by atoms with van der Waals surface area (Å²) in [5.74, 6) is 0.115. The van der Waals surface area contributed by atoms with Crippen LogP contribution in [0, 0.1) is 17.1 Å². The highest BCUT2D eigenvalue weighted by Gasteiger charge is 2.35. The number of allylic oxidation sites excluding steroid dienone is 1. The lowest BCUT2D eigenvalue weighted by Crippen LogP contribution is -2.21. The van der Waals surface area contributed by atoms with E-state index in [2.05, 4.69) is 16.3 Å². The molecule has 6 nitrogen and oxygen atoms in total. The molecule has 3 aromatic rings. The Bertz CT molecular complexity index is 1100. The van der Waals surface area contributed by atoms with E-state index in [1.165, 1.54) is 12.1 Å². The predicted octanol–water partition coefficient (Wildman–Crippen LogP) is 3.83. The van der Waals surface area contributed by atoms with Gasteiger partial charge in [0.2, 0.25) is 11.8 Å². The van der Waals surface area contributed by atoms with Gasteiger partial charge in [-0.3, -0.25) is 5.10 Å². The minimum atomic E-state index is -0.529. The number of nitrogens with two attached hydrogens (primary N) is 1. The van der Waals surface area contributed by atoms with Crippen molar-refractivity contribution in [2.75, 3.05) is 6.61 Å². The molecule has 1 aliphatic heterocycles. The number of nitriles is 1. The van der Waals surface area contributed by atoms with E-state index in [1.54, 1.807) is 12.1 Å². The van der Waals surface area contributed by atoms with Crippen molar-refractivity contribution in [3.8, 4) is 29.0 Å². The van der Waals surface area contributed by atoms with Crippen LogP contribution in [0.2, 0.25) is 0 Å². The van der Waals surface area contributed by atoms with E-state index in [-0.39, 0.29) is 17.3 Å². The minimum Gasteiger partial charge on any atom is -0.494 e. The van der Waals surface area contributed by atoms with Crippen molar-refractivity contribution in [2.24, 2.45) is 5.73 Å². The minimum absolute atomic E-state index is 0.00885. The Morgan fingerprint density at radius 1 is 1.29 bits per heavy atom. The average Bonchev–Trinajstić information content (AvgIpc) is 3.11. The second-order valence-electron chi connectivity index (χ2n) is 6.25. The van der Waals surface area contributed by atoms with Gasteiger partial charge in [-0.2, -0.15) is 5.26 Å². The third-order valence-electron chi connectivity index (χ3n) is 4.58. The van der Waals surface area contributed by atoms with Crippen molar-refractivity contribution in [2.45, 2.75) is 12.8 Å². The van der Waals surface area contributed by atoms with Crippen LogP contribution in [0.5, 0.6) is 11.6 Å². The van der Waals surface area contributed by atoms with Gasteiger partial charge < -0.3 is 15.2 Å². The van der Waals surface area contributed by atoms with Gasteiger partial charge in [-0.1, -0.05) is 24.3 Å². The molecule has 0 amide bonds. The first kappa shape index (κ1) is 17.6. The predicted molar refractivity (Wildman–Crippen MR) is 101 cm³/mol. The third-order valence-corrected chi connectivity index (χ3v) is 4.58. The van der Waals surface area contributed by atoms with Gasteiger partial charge in [0.05, 0.1) is 23.8 Å². The second-order valence-corrected chi connectivity index (χ2v) is 6.25. The summed E-state index contributed by atoms with van der Waals surface area (Å²) in [6, 6.07) is 15.6. The van der Waals surface area contributed by atoms with Crippen LogP contribution in [0.4, 0.5) is 4.39 Å². The number of rotatable bonds is 4. The molecular weight excluding hydrogens is 359 g/mol. The van der Waals surface area contributed by atoms with Crippen LogP contribution in [0.25, 0.3) is 11.3 Å². The molecule has 3 N–H and O–H groups in total. The number of nitrogens with one attached hydrogen (secondary N) is 1. The lowest BCUT2D eigenvalue weighted by molar-refractivity contribution is 0.340. The fraction of sp³-hybridized carbons (Fsp3) is 0.143. The number of aromatic amines is 1. The SMILES string of the molecule is CCOc1cccc(-c2[nH]nc3c2C(c2ccc(F)cc2)C(C#N)=C(N)O3)c1. The molecule has 140 valence electrons. The zero-order chi connectivity index (χ0) is 19.7. The van der Waals surface area contributed by atoms with Gasteiger partial charge in [0.1, 0.15) is 23.2 Å². The van der Waals surface area contributed by atoms with E-state index in [4.69, 9.17) is 15.2 Å². The number of hydrogen-bond acceptors (Lipinski definition) is 5. The molecule has 0 saturated heterocycles. The lowest BCUT2D eigenvalue weighted by Gasteiger charge is -2.24. The Hall–Kier alpha value is -3.79. The van der Waals surface area contributed by atoms with Crippen molar-refractivity contribution in [3.63, 3.8) is 0 Å². The number of aromatic nitrogens is 2. The highest BCUT2D eigenvalue weighted by Crippen LogP contribution is 2.45. The number of nitrogens with zero attached hydrogens (tertiary/aromatic N) is 2. The van der Waals surface area contributed by atoms with E-state index in [1.807, 2.05) is 31.2 Å². The molecule has 0 saturated carbocycles. The molecule has 4 rings (SSSR count). The highest BCUT2D eigenvalue weighted by molar-refractivity contribution is 5.71. The molecule has 1 aromatic heterocycles. The molecular formula is C21H17FN4O2. The maximum Gasteiger partial charge on any atom is 0.244 e. The average molecular weight is 376 g/mol. The van der Waals surface area contributed by atoms with Crippen LogP contribution in [0.3, 0.4) is 0 Å². The zero-order valence-corrected chi connectivity index (χ0v) is 15.1. The van der Waals surface area contributed by atoms with Crippen LogP contribution in [0.15, 0.2) is 60.0 Å². The summed E-state index contributed by atoms with van der Waals surface area (Å²) in [5.41, 5.74) is 9.12. The fourth-order valence-corrected chi connectivity index (χ4v) is 3.36. The number of H-pyrrole nitrogens is 1. The highest BCUT2D eigenvalue weighted by atomic mass is 19.1. The molecule has 2 heterocycles. The summed E-state index contributed by atoms with van der Waals surface area (Å²) in [6.07, 6.45) is 0. The maximum absolute atomic E-state index is 13.4. The van der Waals surface area contributed by atoms with Crippen molar-refractivity contribution in [3.05, 3.63) is 76.9 Å². The quantitative estimate of drug-likeness (QED) is 0.721. The first-order chi connectivity index (χ1) is 13.6. The molecule has 28 heavy (non-hydrogen) atoms. The molecule has 0 bridgehead atoms. The van der Waals surface area contributed by atoms with Gasteiger partial charge in [0.25, 0.3) is 0 Å². The van der Waals surface area contributed by atoms with Crippen molar-refractivity contribution in [1.82, 2.24) is 10.2 Å². The van der Waals surface area contributed by atoms with Crippen LogP contribution < -0.4 is 15.2 Å². The maximum atomic E-state index is 13.4.